The molecule has 2 aromatic heterocycles. The van der Waals surface area contributed by atoms with E-state index in [-0.39, 0.29) is 28.7 Å². The van der Waals surface area contributed by atoms with Gasteiger partial charge in [0.05, 0.1) is 0 Å². The molecule has 2 aliphatic rings. The van der Waals surface area contributed by atoms with Crippen LogP contribution in [0.15, 0.2) is 65.7 Å². The Morgan fingerprint density at radius 3 is 2.67 bits per heavy atom. The Bertz CT molecular complexity index is 1490. The number of carbonyl (C=O) groups is 2. The molecule has 0 bridgehead atoms. The monoisotopic (exact) mass is 437 g/mol. The van der Waals surface area contributed by atoms with E-state index in [4.69, 9.17) is 0 Å². The van der Waals surface area contributed by atoms with Crippen LogP contribution in [0.25, 0.3) is 16.4 Å². The molecule has 1 aliphatic heterocycles. The van der Waals surface area contributed by atoms with Crippen molar-refractivity contribution >= 4 is 28.1 Å². The van der Waals surface area contributed by atoms with Crippen LogP contribution in [-0.4, -0.2) is 39.1 Å². The van der Waals surface area contributed by atoms with Crippen LogP contribution in [-0.2, 0) is 12.8 Å². The normalized spacial score (nSPS) is 17.6. The first-order chi connectivity index (χ1) is 16.1. The van der Waals surface area contributed by atoms with Crippen LogP contribution >= 0.6 is 0 Å². The Kier molecular flexibility index (Phi) is 4.61. The van der Waals surface area contributed by atoms with Gasteiger partial charge in [0.25, 0.3) is 11.5 Å². The van der Waals surface area contributed by atoms with Crippen molar-refractivity contribution in [2.24, 2.45) is 5.92 Å². The lowest BCUT2D eigenvalue weighted by Gasteiger charge is -2.32. The third kappa shape index (κ3) is 3.17. The first kappa shape index (κ1) is 19.9. The number of aromatic nitrogens is 2. The van der Waals surface area contributed by atoms with Crippen molar-refractivity contribution in [1.82, 2.24) is 14.3 Å². The number of Topliss-reactive ketones (excluding diaryl/α,β-unsaturated/α-hetero) is 1. The number of amides is 1. The third-order valence-corrected chi connectivity index (χ3v) is 7.07. The number of carbonyl (C=O) groups excluding carboxylic acids is 2. The largest absolute Gasteiger partial charge is 0.338 e. The number of likely N-dealkylation sites (tertiary alicyclic amines) is 1. The van der Waals surface area contributed by atoms with Crippen LogP contribution in [0.1, 0.15) is 44.7 Å². The smallest absolute Gasteiger partial charge is 0.270 e. The molecule has 3 heterocycles. The fourth-order valence-electron chi connectivity index (χ4n) is 5.40. The predicted octanol–water partition coefficient (Wildman–Crippen LogP) is 3.68. The van der Waals surface area contributed by atoms with Gasteiger partial charge in [0.15, 0.2) is 5.78 Å². The van der Waals surface area contributed by atoms with Crippen LogP contribution in [0.4, 0.5) is 0 Å². The van der Waals surface area contributed by atoms with Crippen LogP contribution in [0.3, 0.4) is 0 Å². The first-order valence-electron chi connectivity index (χ1n) is 11.4. The standard InChI is InChI=1S/C27H23N3O3/c31-25(21-12-11-18-10-9-17-5-3-7-20(21)24(17)18)19-6-4-13-29(16-19)26(32)22-15-28-23-8-1-2-14-30(23)27(22)33/h1-3,5,7-8,11-12,14-15,19H,4,6,9-10,13,16H2/t19-/m0/s1. The molecule has 2 aromatic carbocycles. The number of piperidine rings is 1. The highest BCUT2D eigenvalue weighted by atomic mass is 16.2. The van der Waals surface area contributed by atoms with E-state index in [0.29, 0.717) is 18.7 Å². The molecular formula is C27H23N3O3. The first-order valence-corrected chi connectivity index (χ1v) is 11.4. The van der Waals surface area contributed by atoms with E-state index in [2.05, 4.69) is 17.1 Å². The maximum Gasteiger partial charge on any atom is 0.270 e. The van der Waals surface area contributed by atoms with E-state index in [9.17, 15) is 14.4 Å². The van der Waals surface area contributed by atoms with Crippen molar-refractivity contribution in [3.8, 4) is 0 Å². The molecule has 0 saturated carbocycles. The second-order valence-corrected chi connectivity index (χ2v) is 8.97. The second-order valence-electron chi connectivity index (χ2n) is 8.97. The SMILES string of the molecule is O=C(c1ccc2c3c(cccc13)CC2)[C@H]1CCCN(C(=O)c2cnc3ccccn3c2=O)C1. The Morgan fingerprint density at radius 2 is 1.79 bits per heavy atom. The van der Waals surface area contributed by atoms with Crippen molar-refractivity contribution in [3.63, 3.8) is 0 Å². The lowest BCUT2D eigenvalue weighted by Crippen LogP contribution is -2.44. The molecule has 6 rings (SSSR count). The lowest BCUT2D eigenvalue weighted by atomic mass is 9.87. The van der Waals surface area contributed by atoms with Crippen LogP contribution in [0.2, 0.25) is 0 Å². The highest BCUT2D eigenvalue weighted by molar-refractivity contribution is 6.11. The molecular weight excluding hydrogens is 414 g/mol. The van der Waals surface area contributed by atoms with Crippen molar-refractivity contribution in [2.45, 2.75) is 25.7 Å². The topological polar surface area (TPSA) is 71.8 Å². The van der Waals surface area contributed by atoms with E-state index >= 15 is 0 Å². The summed E-state index contributed by atoms with van der Waals surface area (Å²) in [5.74, 6) is -0.558. The second kappa shape index (κ2) is 7.66. The minimum atomic E-state index is -0.383. The Hall–Kier alpha value is -3.80. The summed E-state index contributed by atoms with van der Waals surface area (Å²) in [7, 11) is 0. The van der Waals surface area contributed by atoms with Gasteiger partial charge in [-0.25, -0.2) is 4.98 Å². The number of fused-ring (bicyclic) bond motifs is 1. The van der Waals surface area contributed by atoms with Gasteiger partial charge < -0.3 is 4.90 Å². The number of hydrogen-bond donors (Lipinski definition) is 0. The van der Waals surface area contributed by atoms with Gasteiger partial charge in [-0.05, 0) is 59.7 Å². The molecule has 0 spiro atoms. The number of nitrogens with zero attached hydrogens (tertiary/aromatic N) is 3. The number of benzene rings is 2. The molecule has 1 aliphatic carbocycles. The number of rotatable bonds is 3. The summed E-state index contributed by atoms with van der Waals surface area (Å²) in [6.07, 6.45) is 6.47. The Balaban J connectivity index is 1.30. The number of aryl methyl sites for hydroxylation is 2. The summed E-state index contributed by atoms with van der Waals surface area (Å²) in [6, 6.07) is 15.5. The number of hydrogen-bond acceptors (Lipinski definition) is 4. The minimum Gasteiger partial charge on any atom is -0.338 e. The van der Waals surface area contributed by atoms with Gasteiger partial charge in [-0.1, -0.05) is 36.4 Å². The van der Waals surface area contributed by atoms with E-state index in [1.807, 2.05) is 18.2 Å². The summed E-state index contributed by atoms with van der Waals surface area (Å²) >= 11 is 0. The zero-order valence-electron chi connectivity index (χ0n) is 18.2. The molecule has 6 nitrogen and oxygen atoms in total. The van der Waals surface area contributed by atoms with Crippen molar-refractivity contribution in [1.29, 1.82) is 0 Å². The summed E-state index contributed by atoms with van der Waals surface area (Å²) in [4.78, 5) is 45.6. The fraction of sp³-hybridized carbons (Fsp3) is 0.259. The average Bonchev–Trinajstić information content (AvgIpc) is 3.29. The average molecular weight is 437 g/mol. The summed E-state index contributed by atoms with van der Waals surface area (Å²) in [5.41, 5.74) is 3.51. The number of ketones is 1. The van der Waals surface area contributed by atoms with E-state index in [1.54, 1.807) is 29.3 Å². The van der Waals surface area contributed by atoms with Crippen LogP contribution in [0.5, 0.6) is 0 Å². The molecule has 1 fully saturated rings. The lowest BCUT2D eigenvalue weighted by molar-refractivity contribution is 0.0635. The molecule has 164 valence electrons. The van der Waals surface area contributed by atoms with Crippen LogP contribution < -0.4 is 5.56 Å². The highest BCUT2D eigenvalue weighted by Gasteiger charge is 2.32. The van der Waals surface area contributed by atoms with Crippen molar-refractivity contribution in [2.75, 3.05) is 13.1 Å². The fourth-order valence-corrected chi connectivity index (χ4v) is 5.40. The van der Waals surface area contributed by atoms with E-state index in [1.165, 1.54) is 27.1 Å². The summed E-state index contributed by atoms with van der Waals surface area (Å²) in [5, 5.41) is 2.25. The van der Waals surface area contributed by atoms with Gasteiger partial charge in [-0.2, -0.15) is 0 Å². The van der Waals surface area contributed by atoms with Gasteiger partial charge in [0.2, 0.25) is 0 Å². The molecule has 0 unspecified atom stereocenters. The quantitative estimate of drug-likeness (QED) is 0.459. The molecule has 0 N–H and O–H groups in total. The van der Waals surface area contributed by atoms with E-state index < -0.39 is 0 Å². The Labute approximate surface area is 190 Å². The maximum atomic E-state index is 13.6. The number of pyridine rings is 1. The minimum absolute atomic E-state index is 0.0390. The Morgan fingerprint density at radius 1 is 0.939 bits per heavy atom. The zero-order valence-corrected chi connectivity index (χ0v) is 18.2. The zero-order chi connectivity index (χ0) is 22.5. The van der Waals surface area contributed by atoms with Crippen molar-refractivity contribution < 1.29 is 9.59 Å². The summed E-state index contributed by atoms with van der Waals surface area (Å²) < 4.78 is 1.38. The van der Waals surface area contributed by atoms with Crippen LogP contribution in [0, 0.1) is 5.92 Å². The molecule has 0 radical (unpaired) electrons. The highest BCUT2D eigenvalue weighted by Crippen LogP contribution is 2.34. The van der Waals surface area contributed by atoms with Gasteiger partial charge in [-0.3, -0.25) is 18.8 Å². The molecule has 33 heavy (non-hydrogen) atoms. The molecule has 6 heteroatoms. The third-order valence-electron chi connectivity index (χ3n) is 7.07. The van der Waals surface area contributed by atoms with Gasteiger partial charge in [0, 0.05) is 37.0 Å². The summed E-state index contributed by atoms with van der Waals surface area (Å²) in [6.45, 7) is 0.848. The van der Waals surface area contributed by atoms with Gasteiger partial charge in [0.1, 0.15) is 11.2 Å². The van der Waals surface area contributed by atoms with Gasteiger partial charge >= 0.3 is 0 Å². The predicted molar refractivity (Wildman–Crippen MR) is 126 cm³/mol. The maximum absolute atomic E-state index is 13.6. The van der Waals surface area contributed by atoms with Gasteiger partial charge in [-0.15, -0.1) is 0 Å². The van der Waals surface area contributed by atoms with Crippen molar-refractivity contribution in [3.05, 3.63) is 93.5 Å². The molecule has 1 atom stereocenters. The van der Waals surface area contributed by atoms with E-state index in [0.717, 1.165) is 36.6 Å². The molecule has 4 aromatic rings. The molecule has 1 saturated heterocycles. The molecule has 1 amide bonds.